The molecular weight excluding hydrogens is 245 g/mol. The van der Waals surface area contributed by atoms with E-state index in [1.54, 1.807) is 6.07 Å². The van der Waals surface area contributed by atoms with E-state index < -0.39 is 11.9 Å². The molecule has 0 amide bonds. The van der Waals surface area contributed by atoms with Crippen LogP contribution in [0.4, 0.5) is 10.1 Å². The lowest BCUT2D eigenvalue weighted by atomic mass is 9.70. The minimum absolute atomic E-state index is 0.102. The molecule has 19 heavy (non-hydrogen) atoms. The highest BCUT2D eigenvalue weighted by atomic mass is 19.1. The summed E-state index contributed by atoms with van der Waals surface area (Å²) in [5.41, 5.74) is 1.51. The van der Waals surface area contributed by atoms with Crippen molar-refractivity contribution in [3.8, 4) is 0 Å². The molecule has 1 aliphatic heterocycles. The molecule has 3 unspecified atom stereocenters. The van der Waals surface area contributed by atoms with E-state index >= 15 is 0 Å². The van der Waals surface area contributed by atoms with Crippen LogP contribution >= 0.6 is 0 Å². The monoisotopic (exact) mass is 263 g/mol. The molecule has 0 spiro atoms. The standard InChI is InChI=1S/C15H18FNO2/c1-17-12-5-3-2-4-10(12)14(15(18)19)11-8-9(16)6-7-13(11)17/h6-8,10,12,14H,2-5H2,1H3,(H,18,19). The number of rotatable bonds is 1. The fourth-order valence-electron chi connectivity index (χ4n) is 3.83. The van der Waals surface area contributed by atoms with Crippen LogP contribution in [0.25, 0.3) is 0 Å². The van der Waals surface area contributed by atoms with Crippen LogP contribution in [0.5, 0.6) is 0 Å². The topological polar surface area (TPSA) is 40.5 Å². The molecule has 0 saturated heterocycles. The van der Waals surface area contributed by atoms with E-state index in [4.69, 9.17) is 0 Å². The molecule has 1 N–H and O–H groups in total. The van der Waals surface area contributed by atoms with Gasteiger partial charge in [0, 0.05) is 18.8 Å². The first-order chi connectivity index (χ1) is 9.09. The fourth-order valence-corrected chi connectivity index (χ4v) is 3.83. The van der Waals surface area contributed by atoms with Crippen molar-refractivity contribution < 1.29 is 14.3 Å². The maximum atomic E-state index is 13.5. The number of nitrogens with zero attached hydrogens (tertiary/aromatic N) is 1. The molecule has 0 bridgehead atoms. The lowest BCUT2D eigenvalue weighted by Gasteiger charge is -2.47. The predicted molar refractivity (Wildman–Crippen MR) is 70.9 cm³/mol. The summed E-state index contributed by atoms with van der Waals surface area (Å²) in [5, 5.41) is 9.56. The van der Waals surface area contributed by atoms with Crippen molar-refractivity contribution in [1.82, 2.24) is 0 Å². The van der Waals surface area contributed by atoms with Crippen LogP contribution in [0.15, 0.2) is 18.2 Å². The lowest BCUT2D eigenvalue weighted by molar-refractivity contribution is -0.141. The predicted octanol–water partition coefficient (Wildman–Crippen LogP) is 3.00. The summed E-state index contributed by atoms with van der Waals surface area (Å²) < 4.78 is 13.5. The quantitative estimate of drug-likeness (QED) is 0.846. The molecule has 1 heterocycles. The maximum absolute atomic E-state index is 13.5. The smallest absolute Gasteiger partial charge is 0.311 e. The van der Waals surface area contributed by atoms with Gasteiger partial charge in [0.2, 0.25) is 0 Å². The molecule has 1 aromatic rings. The van der Waals surface area contributed by atoms with Gasteiger partial charge in [-0.3, -0.25) is 4.79 Å². The Morgan fingerprint density at radius 1 is 1.37 bits per heavy atom. The van der Waals surface area contributed by atoms with Gasteiger partial charge in [-0.2, -0.15) is 0 Å². The number of anilines is 1. The third-order valence-corrected chi connectivity index (χ3v) is 4.68. The zero-order chi connectivity index (χ0) is 13.6. The molecular formula is C15H18FNO2. The van der Waals surface area contributed by atoms with Crippen LogP contribution in [0, 0.1) is 11.7 Å². The van der Waals surface area contributed by atoms with Gasteiger partial charge >= 0.3 is 5.97 Å². The molecule has 1 saturated carbocycles. The van der Waals surface area contributed by atoms with Crippen LogP contribution < -0.4 is 4.90 Å². The molecule has 2 aliphatic rings. The largest absolute Gasteiger partial charge is 0.481 e. The Hall–Kier alpha value is -1.58. The van der Waals surface area contributed by atoms with Gasteiger partial charge in [0.15, 0.2) is 0 Å². The highest BCUT2D eigenvalue weighted by molar-refractivity contribution is 5.81. The Bertz CT molecular complexity index is 517. The normalized spacial score (nSPS) is 29.6. The Kier molecular flexibility index (Phi) is 2.96. The maximum Gasteiger partial charge on any atom is 0.311 e. The Balaban J connectivity index is 2.13. The summed E-state index contributed by atoms with van der Waals surface area (Å²) in [6.45, 7) is 0. The first-order valence-corrected chi connectivity index (χ1v) is 6.84. The molecule has 3 atom stereocenters. The summed E-state index contributed by atoms with van der Waals surface area (Å²) >= 11 is 0. The summed E-state index contributed by atoms with van der Waals surface area (Å²) in [5.74, 6) is -1.64. The fraction of sp³-hybridized carbons (Fsp3) is 0.533. The van der Waals surface area contributed by atoms with E-state index in [9.17, 15) is 14.3 Å². The van der Waals surface area contributed by atoms with Gasteiger partial charge < -0.3 is 10.0 Å². The number of carboxylic acid groups (broad SMARTS) is 1. The minimum atomic E-state index is -0.822. The zero-order valence-corrected chi connectivity index (χ0v) is 11.0. The minimum Gasteiger partial charge on any atom is -0.481 e. The first kappa shape index (κ1) is 12.5. The molecule has 0 aromatic heterocycles. The van der Waals surface area contributed by atoms with Crippen molar-refractivity contribution in [1.29, 1.82) is 0 Å². The summed E-state index contributed by atoms with van der Waals surface area (Å²) in [4.78, 5) is 13.8. The van der Waals surface area contributed by atoms with Gasteiger partial charge in [0.25, 0.3) is 0 Å². The first-order valence-electron chi connectivity index (χ1n) is 6.84. The summed E-state index contributed by atoms with van der Waals surface area (Å²) in [7, 11) is 2.00. The van der Waals surface area contributed by atoms with Gasteiger partial charge in [-0.1, -0.05) is 12.8 Å². The number of benzene rings is 1. The second-order valence-electron chi connectivity index (χ2n) is 5.65. The number of halogens is 1. The number of hydrogen-bond acceptors (Lipinski definition) is 2. The molecule has 1 aromatic carbocycles. The van der Waals surface area contributed by atoms with Gasteiger partial charge in [0.05, 0.1) is 5.92 Å². The second-order valence-corrected chi connectivity index (χ2v) is 5.65. The van der Waals surface area contributed by atoms with Gasteiger partial charge in [-0.15, -0.1) is 0 Å². The number of hydrogen-bond donors (Lipinski definition) is 1. The Morgan fingerprint density at radius 3 is 2.84 bits per heavy atom. The Labute approximate surface area is 112 Å². The third-order valence-electron chi connectivity index (χ3n) is 4.68. The zero-order valence-electron chi connectivity index (χ0n) is 11.0. The van der Waals surface area contributed by atoms with Crippen molar-refractivity contribution in [3.05, 3.63) is 29.6 Å². The second kappa shape index (κ2) is 4.51. The van der Waals surface area contributed by atoms with Crippen molar-refractivity contribution in [2.75, 3.05) is 11.9 Å². The van der Waals surface area contributed by atoms with E-state index in [-0.39, 0.29) is 17.8 Å². The summed E-state index contributed by atoms with van der Waals surface area (Å²) in [6.07, 6.45) is 4.17. The van der Waals surface area contributed by atoms with Crippen LogP contribution in [-0.4, -0.2) is 24.2 Å². The van der Waals surface area contributed by atoms with Gasteiger partial charge in [-0.25, -0.2) is 4.39 Å². The molecule has 3 nitrogen and oxygen atoms in total. The van der Waals surface area contributed by atoms with E-state index in [0.717, 1.165) is 31.4 Å². The van der Waals surface area contributed by atoms with E-state index in [0.29, 0.717) is 5.56 Å². The number of carboxylic acids is 1. The van der Waals surface area contributed by atoms with E-state index in [1.165, 1.54) is 12.1 Å². The van der Waals surface area contributed by atoms with Gasteiger partial charge in [-0.05, 0) is 42.5 Å². The van der Waals surface area contributed by atoms with Crippen LogP contribution in [0.1, 0.15) is 37.2 Å². The van der Waals surface area contributed by atoms with Crippen LogP contribution in [0.2, 0.25) is 0 Å². The molecule has 3 rings (SSSR count). The van der Waals surface area contributed by atoms with Crippen molar-refractivity contribution in [2.45, 2.75) is 37.6 Å². The molecule has 1 aliphatic carbocycles. The van der Waals surface area contributed by atoms with E-state index in [1.807, 2.05) is 7.05 Å². The van der Waals surface area contributed by atoms with Gasteiger partial charge in [0.1, 0.15) is 5.82 Å². The number of aliphatic carboxylic acids is 1. The van der Waals surface area contributed by atoms with E-state index in [2.05, 4.69) is 4.90 Å². The van der Waals surface area contributed by atoms with Crippen molar-refractivity contribution in [2.24, 2.45) is 5.92 Å². The van der Waals surface area contributed by atoms with Crippen LogP contribution in [0.3, 0.4) is 0 Å². The number of fused-ring (bicyclic) bond motifs is 2. The highest BCUT2D eigenvalue weighted by Crippen LogP contribution is 2.47. The molecule has 102 valence electrons. The highest BCUT2D eigenvalue weighted by Gasteiger charge is 2.44. The third kappa shape index (κ3) is 1.90. The summed E-state index contributed by atoms with van der Waals surface area (Å²) in [6, 6.07) is 4.80. The Morgan fingerprint density at radius 2 is 2.11 bits per heavy atom. The average molecular weight is 263 g/mol. The lowest BCUT2D eigenvalue weighted by Crippen LogP contribution is -2.48. The molecule has 0 radical (unpaired) electrons. The number of carbonyl (C=O) groups is 1. The van der Waals surface area contributed by atoms with Crippen molar-refractivity contribution >= 4 is 11.7 Å². The van der Waals surface area contributed by atoms with Crippen LogP contribution in [-0.2, 0) is 4.79 Å². The average Bonchev–Trinajstić information content (AvgIpc) is 2.38. The SMILES string of the molecule is CN1c2ccc(F)cc2C(C(=O)O)C2CCCCC21. The van der Waals surface area contributed by atoms with Crippen molar-refractivity contribution in [3.63, 3.8) is 0 Å². The molecule has 4 heteroatoms. The molecule has 1 fully saturated rings.